The van der Waals surface area contributed by atoms with E-state index in [-0.39, 0.29) is 12.6 Å². The van der Waals surface area contributed by atoms with Crippen LogP contribution in [0.25, 0.3) is 0 Å². The largest absolute Gasteiger partial charge is 0.355 e. The monoisotopic (exact) mass is 286 g/mol. The summed E-state index contributed by atoms with van der Waals surface area (Å²) in [6, 6.07) is 0. The molecule has 0 radical (unpaired) electrons. The average molecular weight is 286 g/mol. The van der Waals surface area contributed by atoms with Crippen LogP contribution in [0.4, 0.5) is 0 Å². The molecule has 0 aromatic carbocycles. The number of ether oxygens (including phenoxy) is 3. The zero-order valence-electron chi connectivity index (χ0n) is 12.6. The van der Waals surface area contributed by atoms with Gasteiger partial charge in [0.1, 0.15) is 0 Å². The molecule has 3 aliphatic rings. The van der Waals surface area contributed by atoms with Crippen molar-refractivity contribution >= 4 is 0 Å². The first kappa shape index (κ1) is 14.7. The highest BCUT2D eigenvalue weighted by Gasteiger charge is 2.53. The van der Waals surface area contributed by atoms with E-state index in [1.54, 1.807) is 14.0 Å². The quantitative estimate of drug-likeness (QED) is 0.624. The van der Waals surface area contributed by atoms with Crippen molar-refractivity contribution < 1.29 is 24.4 Å². The highest BCUT2D eigenvalue weighted by molar-refractivity contribution is 4.93. The minimum Gasteiger partial charge on any atom is -0.355 e. The normalized spacial score (nSPS) is 52.2. The Labute approximate surface area is 120 Å². The van der Waals surface area contributed by atoms with E-state index in [9.17, 15) is 0 Å². The van der Waals surface area contributed by atoms with Gasteiger partial charge in [-0.25, -0.2) is 10.1 Å². The van der Waals surface area contributed by atoms with Crippen molar-refractivity contribution in [2.24, 2.45) is 23.7 Å². The van der Waals surface area contributed by atoms with Crippen molar-refractivity contribution in [2.45, 2.75) is 64.3 Å². The molecule has 2 heterocycles. The second kappa shape index (κ2) is 5.54. The molecule has 3 fully saturated rings. The SMILES string of the molecule is COC1O[C@@H]2OC(C)(OO)CCC3CCC[C@H](C32)[C@H]1C. The summed E-state index contributed by atoms with van der Waals surface area (Å²) in [5.41, 5.74) is 0. The number of hydrogen-bond donors (Lipinski definition) is 1. The van der Waals surface area contributed by atoms with E-state index in [1.165, 1.54) is 19.3 Å². The fourth-order valence-corrected chi connectivity index (χ4v) is 4.47. The van der Waals surface area contributed by atoms with Gasteiger partial charge in [-0.3, -0.25) is 0 Å². The van der Waals surface area contributed by atoms with Gasteiger partial charge in [-0.15, -0.1) is 0 Å². The van der Waals surface area contributed by atoms with Gasteiger partial charge in [-0.2, -0.15) is 0 Å². The van der Waals surface area contributed by atoms with Crippen LogP contribution >= 0.6 is 0 Å². The standard InChI is InChI=1S/C15H26O5/c1-9-11-6-4-5-10-7-8-15(2,20-16)19-14(12(10)11)18-13(9)17-3/h9-14,16H,4-8H2,1-3H3/t9-,10?,11+,12?,13?,14-,15?/m1/s1. The molecule has 1 saturated carbocycles. The molecule has 0 amide bonds. The fraction of sp³-hybridized carbons (Fsp3) is 1.00. The molecule has 2 aliphatic heterocycles. The molecular weight excluding hydrogens is 260 g/mol. The predicted molar refractivity (Wildman–Crippen MR) is 71.6 cm³/mol. The fourth-order valence-electron chi connectivity index (χ4n) is 4.47. The Morgan fingerprint density at radius 3 is 2.75 bits per heavy atom. The summed E-state index contributed by atoms with van der Waals surface area (Å²) in [7, 11) is 1.68. The van der Waals surface area contributed by atoms with Gasteiger partial charge in [0.15, 0.2) is 12.6 Å². The Morgan fingerprint density at radius 2 is 2.05 bits per heavy atom. The minimum absolute atomic E-state index is 0.235. The topological polar surface area (TPSA) is 57.2 Å². The van der Waals surface area contributed by atoms with Gasteiger partial charge in [0, 0.05) is 25.4 Å². The molecule has 3 rings (SSSR count). The third-order valence-corrected chi connectivity index (χ3v) is 5.60. The van der Waals surface area contributed by atoms with Crippen LogP contribution in [0.1, 0.15) is 46.0 Å². The van der Waals surface area contributed by atoms with Gasteiger partial charge < -0.3 is 14.2 Å². The zero-order chi connectivity index (χ0) is 14.3. The van der Waals surface area contributed by atoms with Crippen LogP contribution in [0.3, 0.4) is 0 Å². The maximum absolute atomic E-state index is 9.17. The molecule has 4 unspecified atom stereocenters. The summed E-state index contributed by atoms with van der Waals surface area (Å²) in [6.07, 6.45) is 4.83. The highest BCUT2D eigenvalue weighted by atomic mass is 17.1. The summed E-state index contributed by atoms with van der Waals surface area (Å²) >= 11 is 0. The van der Waals surface area contributed by atoms with E-state index in [2.05, 4.69) is 11.8 Å². The number of methoxy groups -OCH3 is 1. The lowest BCUT2D eigenvalue weighted by Crippen LogP contribution is -2.53. The molecule has 0 aromatic rings. The molecule has 5 nitrogen and oxygen atoms in total. The minimum atomic E-state index is -0.967. The molecule has 20 heavy (non-hydrogen) atoms. The van der Waals surface area contributed by atoms with E-state index in [0.717, 1.165) is 6.42 Å². The van der Waals surface area contributed by atoms with Crippen LogP contribution < -0.4 is 0 Å². The first-order valence-corrected chi connectivity index (χ1v) is 7.76. The van der Waals surface area contributed by atoms with E-state index in [1.807, 2.05) is 0 Å². The van der Waals surface area contributed by atoms with Crippen LogP contribution in [0.2, 0.25) is 0 Å². The lowest BCUT2D eigenvalue weighted by Gasteiger charge is -2.50. The van der Waals surface area contributed by atoms with Crippen LogP contribution in [0.15, 0.2) is 0 Å². The van der Waals surface area contributed by atoms with Crippen LogP contribution in [0, 0.1) is 23.7 Å². The van der Waals surface area contributed by atoms with E-state index < -0.39 is 5.79 Å². The van der Waals surface area contributed by atoms with Gasteiger partial charge in [-0.1, -0.05) is 13.3 Å². The first-order chi connectivity index (χ1) is 9.58. The molecular formula is C15H26O5. The third kappa shape index (κ3) is 2.40. The maximum Gasteiger partial charge on any atom is 0.201 e. The maximum atomic E-state index is 9.17. The average Bonchev–Trinajstić information content (AvgIpc) is 2.61. The smallest absolute Gasteiger partial charge is 0.201 e. The predicted octanol–water partition coefficient (Wildman–Crippen LogP) is 3.00. The van der Waals surface area contributed by atoms with Crippen LogP contribution in [-0.4, -0.2) is 30.7 Å². The van der Waals surface area contributed by atoms with Gasteiger partial charge in [0.25, 0.3) is 0 Å². The van der Waals surface area contributed by atoms with Crippen LogP contribution in [0.5, 0.6) is 0 Å². The van der Waals surface area contributed by atoms with E-state index in [4.69, 9.17) is 19.5 Å². The van der Waals surface area contributed by atoms with Gasteiger partial charge in [0.2, 0.25) is 5.79 Å². The van der Waals surface area contributed by atoms with E-state index in [0.29, 0.717) is 30.1 Å². The van der Waals surface area contributed by atoms with Crippen molar-refractivity contribution in [3.8, 4) is 0 Å². The Morgan fingerprint density at radius 1 is 1.25 bits per heavy atom. The van der Waals surface area contributed by atoms with Crippen molar-refractivity contribution in [3.63, 3.8) is 0 Å². The Balaban J connectivity index is 1.88. The van der Waals surface area contributed by atoms with Crippen molar-refractivity contribution in [3.05, 3.63) is 0 Å². The lowest BCUT2D eigenvalue weighted by atomic mass is 9.65. The molecule has 1 aliphatic carbocycles. The molecule has 7 atom stereocenters. The number of rotatable bonds is 2. The summed E-state index contributed by atoms with van der Waals surface area (Å²) < 4.78 is 17.5. The second-order valence-electron chi connectivity index (χ2n) is 6.78. The van der Waals surface area contributed by atoms with Crippen LogP contribution in [-0.2, 0) is 19.1 Å². The molecule has 5 heteroatoms. The van der Waals surface area contributed by atoms with Gasteiger partial charge >= 0.3 is 0 Å². The summed E-state index contributed by atoms with van der Waals surface area (Å²) in [5, 5.41) is 9.17. The Hall–Kier alpha value is -0.200. The second-order valence-corrected chi connectivity index (χ2v) is 6.78. The number of hydrogen-bond acceptors (Lipinski definition) is 5. The Bertz CT molecular complexity index is 349. The summed E-state index contributed by atoms with van der Waals surface area (Å²) in [6.45, 7) is 3.99. The summed E-state index contributed by atoms with van der Waals surface area (Å²) in [4.78, 5) is 4.61. The van der Waals surface area contributed by atoms with Crippen molar-refractivity contribution in [1.29, 1.82) is 0 Å². The third-order valence-electron chi connectivity index (χ3n) is 5.60. The molecule has 0 spiro atoms. The first-order valence-electron chi connectivity index (χ1n) is 7.76. The molecule has 2 saturated heterocycles. The molecule has 0 aromatic heterocycles. The molecule has 116 valence electrons. The van der Waals surface area contributed by atoms with Crippen molar-refractivity contribution in [1.82, 2.24) is 0 Å². The van der Waals surface area contributed by atoms with E-state index >= 15 is 0 Å². The van der Waals surface area contributed by atoms with Gasteiger partial charge in [-0.05, 0) is 38.0 Å². The molecule has 1 N–H and O–H groups in total. The highest BCUT2D eigenvalue weighted by Crippen LogP contribution is 2.51. The molecule has 0 bridgehead atoms. The van der Waals surface area contributed by atoms with Crippen molar-refractivity contribution in [2.75, 3.05) is 7.11 Å². The van der Waals surface area contributed by atoms with Gasteiger partial charge in [0.05, 0.1) is 0 Å². The lowest BCUT2D eigenvalue weighted by molar-refractivity contribution is -0.443. The Kier molecular flexibility index (Phi) is 4.08. The summed E-state index contributed by atoms with van der Waals surface area (Å²) in [5.74, 6) is 0.967. The zero-order valence-corrected chi connectivity index (χ0v) is 12.6.